The van der Waals surface area contributed by atoms with Crippen molar-refractivity contribution in [2.75, 3.05) is 0 Å². The topological polar surface area (TPSA) is 76.0 Å². The number of aldehydes is 1. The van der Waals surface area contributed by atoms with E-state index in [-0.39, 0.29) is 22.2 Å². The summed E-state index contributed by atoms with van der Waals surface area (Å²) < 4.78 is 13.2. The maximum atomic E-state index is 13.2. The Balaban J connectivity index is 2.93. The molecule has 1 heterocycles. The van der Waals surface area contributed by atoms with Crippen molar-refractivity contribution >= 4 is 22.9 Å². The summed E-state index contributed by atoms with van der Waals surface area (Å²) in [5.74, 6) is -0.622. The zero-order valence-electron chi connectivity index (χ0n) is 7.36. The number of carbonyl (C=O) groups is 1. The van der Waals surface area contributed by atoms with Gasteiger partial charge in [0.15, 0.2) is 6.29 Å². The largest absolute Gasteiger partial charge is 0.358 e. The van der Waals surface area contributed by atoms with Crippen molar-refractivity contribution < 1.29 is 14.1 Å². The lowest BCUT2D eigenvalue weighted by molar-refractivity contribution is -0.383. The molecule has 0 bridgehead atoms. The van der Waals surface area contributed by atoms with Gasteiger partial charge in [-0.05, 0) is 6.07 Å². The van der Waals surface area contributed by atoms with Crippen molar-refractivity contribution in [2.24, 2.45) is 0 Å². The molecule has 15 heavy (non-hydrogen) atoms. The van der Waals surface area contributed by atoms with Crippen LogP contribution < -0.4 is 0 Å². The molecule has 1 aromatic heterocycles. The second kappa shape index (κ2) is 3.16. The summed E-state index contributed by atoms with van der Waals surface area (Å²) in [5, 5.41) is 10.7. The number of non-ortho nitro benzene ring substituents is 1. The standard InChI is InChI=1S/C9H5FN2O3/c10-6-1-2-7(12(14)15)8-5(4-13)3-11-9(6)8/h1-4,11H. The molecule has 0 atom stereocenters. The van der Waals surface area contributed by atoms with E-state index in [1.807, 2.05) is 0 Å². The highest BCUT2D eigenvalue weighted by Gasteiger charge is 2.19. The van der Waals surface area contributed by atoms with Crippen LogP contribution in [-0.4, -0.2) is 16.2 Å². The Kier molecular flexibility index (Phi) is 1.96. The summed E-state index contributed by atoms with van der Waals surface area (Å²) in [6.45, 7) is 0. The maximum absolute atomic E-state index is 13.2. The van der Waals surface area contributed by atoms with E-state index in [1.54, 1.807) is 0 Å². The SMILES string of the molecule is O=Cc1c[nH]c2c(F)ccc([N+](=O)[O-])c12. The fourth-order valence-corrected chi connectivity index (χ4v) is 1.47. The number of carbonyl (C=O) groups excluding carboxylic acids is 1. The lowest BCUT2D eigenvalue weighted by atomic mass is 10.1. The molecule has 0 amide bonds. The van der Waals surface area contributed by atoms with E-state index in [0.717, 1.165) is 12.1 Å². The number of benzene rings is 1. The van der Waals surface area contributed by atoms with E-state index < -0.39 is 10.7 Å². The van der Waals surface area contributed by atoms with Crippen LogP contribution in [0, 0.1) is 15.9 Å². The third-order valence-corrected chi connectivity index (χ3v) is 2.12. The van der Waals surface area contributed by atoms with Crippen LogP contribution in [0.25, 0.3) is 10.9 Å². The molecule has 2 aromatic rings. The van der Waals surface area contributed by atoms with E-state index in [1.165, 1.54) is 6.20 Å². The Morgan fingerprint density at radius 3 is 2.80 bits per heavy atom. The number of aromatic nitrogens is 1. The highest BCUT2D eigenvalue weighted by Crippen LogP contribution is 2.29. The number of rotatable bonds is 2. The highest BCUT2D eigenvalue weighted by molar-refractivity contribution is 6.02. The minimum Gasteiger partial charge on any atom is -0.358 e. The van der Waals surface area contributed by atoms with Gasteiger partial charge < -0.3 is 4.98 Å². The highest BCUT2D eigenvalue weighted by atomic mass is 19.1. The van der Waals surface area contributed by atoms with E-state index in [4.69, 9.17) is 0 Å². The van der Waals surface area contributed by atoms with Gasteiger partial charge in [-0.2, -0.15) is 0 Å². The van der Waals surface area contributed by atoms with Crippen LogP contribution >= 0.6 is 0 Å². The zero-order valence-corrected chi connectivity index (χ0v) is 7.36. The van der Waals surface area contributed by atoms with Gasteiger partial charge in [-0.15, -0.1) is 0 Å². The number of hydrogen-bond donors (Lipinski definition) is 1. The summed E-state index contributed by atoms with van der Waals surface area (Å²) >= 11 is 0. The van der Waals surface area contributed by atoms with Crippen LogP contribution in [0.5, 0.6) is 0 Å². The van der Waals surface area contributed by atoms with Crippen LogP contribution in [0.1, 0.15) is 10.4 Å². The molecule has 0 unspecified atom stereocenters. The molecule has 1 aromatic carbocycles. The van der Waals surface area contributed by atoms with Crippen molar-refractivity contribution in [2.45, 2.75) is 0 Å². The third-order valence-electron chi connectivity index (χ3n) is 2.12. The summed E-state index contributed by atoms with van der Waals surface area (Å²) in [5.41, 5.74) is -0.225. The minimum atomic E-state index is -0.650. The average molecular weight is 208 g/mol. The molecule has 0 spiro atoms. The fraction of sp³-hybridized carbons (Fsp3) is 0. The molecule has 0 saturated carbocycles. The van der Waals surface area contributed by atoms with E-state index in [2.05, 4.69) is 4.98 Å². The van der Waals surface area contributed by atoms with Gasteiger partial charge in [-0.25, -0.2) is 4.39 Å². The van der Waals surface area contributed by atoms with Crippen LogP contribution in [0.2, 0.25) is 0 Å². The Hall–Kier alpha value is -2.24. The van der Waals surface area contributed by atoms with Crippen LogP contribution in [0.4, 0.5) is 10.1 Å². The molecule has 0 fully saturated rings. The van der Waals surface area contributed by atoms with Gasteiger partial charge in [0, 0.05) is 17.8 Å². The van der Waals surface area contributed by atoms with Gasteiger partial charge in [0.05, 0.1) is 15.8 Å². The van der Waals surface area contributed by atoms with E-state index >= 15 is 0 Å². The maximum Gasteiger partial charge on any atom is 0.279 e. The molecule has 0 aliphatic heterocycles. The molecular weight excluding hydrogens is 203 g/mol. The van der Waals surface area contributed by atoms with Gasteiger partial charge in [0.25, 0.3) is 5.69 Å². The van der Waals surface area contributed by atoms with Gasteiger partial charge in [0.1, 0.15) is 5.82 Å². The van der Waals surface area contributed by atoms with Crippen molar-refractivity contribution in [1.29, 1.82) is 0 Å². The first kappa shape index (κ1) is 9.32. The first-order valence-electron chi connectivity index (χ1n) is 4.04. The second-order valence-electron chi connectivity index (χ2n) is 2.94. The molecule has 0 radical (unpaired) electrons. The summed E-state index contributed by atoms with van der Waals surface area (Å²) in [6.07, 6.45) is 1.69. The molecule has 6 heteroatoms. The van der Waals surface area contributed by atoms with Crippen LogP contribution in [0.3, 0.4) is 0 Å². The van der Waals surface area contributed by atoms with E-state index in [0.29, 0.717) is 6.29 Å². The third kappa shape index (κ3) is 1.26. The van der Waals surface area contributed by atoms with Crippen LogP contribution in [0.15, 0.2) is 18.3 Å². The lowest BCUT2D eigenvalue weighted by Crippen LogP contribution is -1.91. The molecule has 76 valence electrons. The number of nitro groups is 1. The second-order valence-corrected chi connectivity index (χ2v) is 2.94. The molecular formula is C9H5FN2O3. The number of nitrogens with one attached hydrogen (secondary N) is 1. The first-order valence-corrected chi connectivity index (χ1v) is 4.04. The smallest absolute Gasteiger partial charge is 0.279 e. The zero-order chi connectivity index (χ0) is 11.0. The monoisotopic (exact) mass is 208 g/mol. The van der Waals surface area contributed by atoms with Gasteiger partial charge in [-0.3, -0.25) is 14.9 Å². The quantitative estimate of drug-likeness (QED) is 0.466. The number of hydrogen-bond acceptors (Lipinski definition) is 3. The predicted molar refractivity (Wildman–Crippen MR) is 50.3 cm³/mol. The normalized spacial score (nSPS) is 10.5. The Morgan fingerprint density at radius 2 is 2.20 bits per heavy atom. The van der Waals surface area contributed by atoms with Gasteiger partial charge >= 0.3 is 0 Å². The molecule has 0 aliphatic carbocycles. The summed E-state index contributed by atoms with van der Waals surface area (Å²) in [6, 6.07) is 2.03. The summed E-state index contributed by atoms with van der Waals surface area (Å²) in [7, 11) is 0. The lowest BCUT2D eigenvalue weighted by Gasteiger charge is -1.95. The number of nitro benzene ring substituents is 1. The Labute approximate surface area is 82.7 Å². The Morgan fingerprint density at radius 1 is 1.47 bits per heavy atom. The number of aromatic amines is 1. The van der Waals surface area contributed by atoms with Crippen molar-refractivity contribution in [3.8, 4) is 0 Å². The minimum absolute atomic E-state index is 0.00926. The van der Waals surface area contributed by atoms with Crippen molar-refractivity contribution in [3.05, 3.63) is 39.8 Å². The van der Waals surface area contributed by atoms with Crippen LogP contribution in [-0.2, 0) is 0 Å². The Bertz CT molecular complexity index is 562. The van der Waals surface area contributed by atoms with Crippen molar-refractivity contribution in [1.82, 2.24) is 4.98 Å². The molecule has 0 aliphatic rings. The number of fused-ring (bicyclic) bond motifs is 1. The fourth-order valence-electron chi connectivity index (χ4n) is 1.47. The number of halogens is 1. The molecule has 2 rings (SSSR count). The predicted octanol–water partition coefficient (Wildman–Crippen LogP) is 2.03. The van der Waals surface area contributed by atoms with Gasteiger partial charge in [0.2, 0.25) is 0 Å². The van der Waals surface area contributed by atoms with Crippen molar-refractivity contribution in [3.63, 3.8) is 0 Å². The molecule has 0 saturated heterocycles. The average Bonchev–Trinajstić information content (AvgIpc) is 2.62. The molecule has 5 nitrogen and oxygen atoms in total. The number of H-pyrrole nitrogens is 1. The van der Waals surface area contributed by atoms with Gasteiger partial charge in [-0.1, -0.05) is 0 Å². The number of nitrogens with zero attached hydrogens (tertiary/aromatic N) is 1. The first-order chi connectivity index (χ1) is 7.15. The molecule has 1 N–H and O–H groups in total. The van der Waals surface area contributed by atoms with E-state index in [9.17, 15) is 19.3 Å². The summed E-state index contributed by atoms with van der Waals surface area (Å²) in [4.78, 5) is 23.1.